The number of amides is 1. The van der Waals surface area contributed by atoms with Gasteiger partial charge in [-0.25, -0.2) is 4.68 Å². The lowest BCUT2D eigenvalue weighted by atomic mass is 9.98. The van der Waals surface area contributed by atoms with Gasteiger partial charge in [-0.1, -0.05) is 43.9 Å². The van der Waals surface area contributed by atoms with E-state index in [0.717, 1.165) is 45.0 Å². The number of benzene rings is 2. The average molecular weight is 566 g/mol. The van der Waals surface area contributed by atoms with Crippen molar-refractivity contribution in [2.45, 2.75) is 45.9 Å². The number of aromatic nitrogens is 4. The van der Waals surface area contributed by atoms with Crippen LogP contribution in [-0.4, -0.2) is 40.3 Å². The van der Waals surface area contributed by atoms with Crippen molar-refractivity contribution in [1.29, 1.82) is 0 Å². The van der Waals surface area contributed by atoms with E-state index in [1.165, 1.54) is 0 Å². The number of hydrogen-bond acceptors (Lipinski definition) is 6. The van der Waals surface area contributed by atoms with Crippen LogP contribution in [0.4, 0.5) is 5.69 Å². The van der Waals surface area contributed by atoms with Crippen molar-refractivity contribution in [1.82, 2.24) is 19.7 Å². The van der Waals surface area contributed by atoms with Gasteiger partial charge in [-0.3, -0.25) is 14.8 Å². The Hall–Kier alpha value is -4.34. The number of rotatable bonds is 11. The molecule has 1 amide bonds. The van der Waals surface area contributed by atoms with Gasteiger partial charge in [0.15, 0.2) is 5.69 Å². The summed E-state index contributed by atoms with van der Waals surface area (Å²) in [6, 6.07) is 20.3. The van der Waals surface area contributed by atoms with E-state index in [-0.39, 0.29) is 12.6 Å². The number of ether oxygens (including phenoxy) is 2. The highest BCUT2D eigenvalue weighted by molar-refractivity contribution is 6.76. The van der Waals surface area contributed by atoms with Crippen molar-refractivity contribution in [2.75, 3.05) is 11.9 Å². The maximum absolute atomic E-state index is 13.4. The lowest BCUT2D eigenvalue weighted by Gasteiger charge is -2.15. The third kappa shape index (κ3) is 7.06. The number of fused-ring (bicyclic) bond motifs is 1. The number of hydrogen-bond donors (Lipinski definition) is 1. The summed E-state index contributed by atoms with van der Waals surface area (Å²) in [7, 11) is -1.22. The Bertz CT molecular complexity index is 1630. The van der Waals surface area contributed by atoms with E-state index < -0.39 is 8.07 Å². The van der Waals surface area contributed by atoms with Gasteiger partial charge in [-0.05, 0) is 60.5 Å². The number of carbonyl (C=O) groups is 1. The van der Waals surface area contributed by atoms with Gasteiger partial charge < -0.3 is 14.8 Å². The number of anilines is 1. The standard InChI is InChI=1S/C32H35N5O3Si/c1-23-25(21-40-27-8-6-5-7-9-27)19-34-20-29(23)24-10-11-30-28(18-24)31(32(38)35-26-12-14-33-15-13-26)36-37(30)22-39-16-17-41(2,3)4/h5-15,18-20H,16-17,21-22H2,1-4H3,(H,33,35,38). The molecule has 0 saturated carbocycles. The molecule has 0 fully saturated rings. The molecule has 0 aliphatic carbocycles. The quantitative estimate of drug-likeness (QED) is 0.138. The third-order valence-corrected chi connectivity index (χ3v) is 8.59. The minimum Gasteiger partial charge on any atom is -0.489 e. The van der Waals surface area contributed by atoms with Gasteiger partial charge in [0.25, 0.3) is 5.91 Å². The van der Waals surface area contributed by atoms with Gasteiger partial charge >= 0.3 is 0 Å². The first kappa shape index (κ1) is 28.2. The van der Waals surface area contributed by atoms with E-state index in [9.17, 15) is 4.79 Å². The Kier molecular flexibility index (Phi) is 8.56. The van der Waals surface area contributed by atoms with Crippen LogP contribution < -0.4 is 10.1 Å². The summed E-state index contributed by atoms with van der Waals surface area (Å²) in [5, 5.41) is 8.38. The fraction of sp³-hybridized carbons (Fsp3) is 0.250. The molecule has 0 atom stereocenters. The second-order valence-electron chi connectivity index (χ2n) is 11.2. The van der Waals surface area contributed by atoms with Crippen molar-refractivity contribution in [3.63, 3.8) is 0 Å². The molecule has 210 valence electrons. The number of pyridine rings is 2. The lowest BCUT2D eigenvalue weighted by Crippen LogP contribution is -2.22. The second-order valence-corrected chi connectivity index (χ2v) is 16.8. The molecule has 0 aliphatic rings. The molecule has 3 aromatic heterocycles. The summed E-state index contributed by atoms with van der Waals surface area (Å²) in [5.74, 6) is 0.516. The third-order valence-electron chi connectivity index (χ3n) is 6.88. The Balaban J connectivity index is 1.46. The van der Waals surface area contributed by atoms with Crippen molar-refractivity contribution >= 4 is 30.6 Å². The predicted octanol–water partition coefficient (Wildman–Crippen LogP) is 6.95. The minimum absolute atomic E-state index is 0.274. The van der Waals surface area contributed by atoms with E-state index in [2.05, 4.69) is 41.8 Å². The predicted molar refractivity (Wildman–Crippen MR) is 165 cm³/mol. The molecule has 0 radical (unpaired) electrons. The van der Waals surface area contributed by atoms with Crippen LogP contribution in [0.1, 0.15) is 21.6 Å². The minimum atomic E-state index is -1.22. The molecule has 5 rings (SSSR count). The zero-order valence-corrected chi connectivity index (χ0v) is 24.9. The summed E-state index contributed by atoms with van der Waals surface area (Å²) >= 11 is 0. The van der Waals surface area contributed by atoms with E-state index >= 15 is 0 Å². The van der Waals surface area contributed by atoms with Gasteiger partial charge in [0.1, 0.15) is 19.1 Å². The molecular weight excluding hydrogens is 530 g/mol. The molecule has 3 heterocycles. The number of para-hydroxylation sites is 1. The largest absolute Gasteiger partial charge is 0.489 e. The molecule has 41 heavy (non-hydrogen) atoms. The zero-order valence-electron chi connectivity index (χ0n) is 23.9. The van der Waals surface area contributed by atoms with Crippen LogP contribution in [-0.2, 0) is 18.1 Å². The van der Waals surface area contributed by atoms with E-state index in [0.29, 0.717) is 24.6 Å². The molecule has 8 nitrogen and oxygen atoms in total. The molecule has 2 aromatic carbocycles. The SMILES string of the molecule is Cc1c(COc2ccccc2)cncc1-c1ccc2c(c1)c(C(=O)Nc1ccncc1)nn2COCC[Si](C)(C)C. The van der Waals surface area contributed by atoms with Crippen molar-refractivity contribution in [3.8, 4) is 16.9 Å². The van der Waals surface area contributed by atoms with Gasteiger partial charge in [0.05, 0.1) is 5.52 Å². The second kappa shape index (κ2) is 12.4. The summed E-state index contributed by atoms with van der Waals surface area (Å²) in [5.41, 5.74) is 5.80. The Morgan fingerprint density at radius 1 is 0.976 bits per heavy atom. The smallest absolute Gasteiger partial charge is 0.276 e. The monoisotopic (exact) mass is 565 g/mol. The first-order valence-electron chi connectivity index (χ1n) is 13.7. The van der Waals surface area contributed by atoms with E-state index in [4.69, 9.17) is 14.6 Å². The molecule has 0 unspecified atom stereocenters. The van der Waals surface area contributed by atoms with Gasteiger partial charge in [0, 0.05) is 61.7 Å². The Morgan fingerprint density at radius 3 is 2.51 bits per heavy atom. The summed E-state index contributed by atoms with van der Waals surface area (Å²) in [6.45, 7) is 10.4. The van der Waals surface area contributed by atoms with Crippen LogP contribution in [0.2, 0.25) is 25.7 Å². The summed E-state index contributed by atoms with van der Waals surface area (Å²) < 4.78 is 13.8. The van der Waals surface area contributed by atoms with Crippen molar-refractivity contribution in [3.05, 3.63) is 102 Å². The van der Waals surface area contributed by atoms with Gasteiger partial charge in [0.2, 0.25) is 0 Å². The van der Waals surface area contributed by atoms with E-state index in [1.807, 2.05) is 60.9 Å². The Morgan fingerprint density at radius 2 is 1.76 bits per heavy atom. The van der Waals surface area contributed by atoms with Crippen LogP contribution in [0.3, 0.4) is 0 Å². The van der Waals surface area contributed by atoms with Crippen LogP contribution in [0.15, 0.2) is 85.5 Å². The maximum Gasteiger partial charge on any atom is 0.276 e. The molecule has 0 bridgehead atoms. The highest BCUT2D eigenvalue weighted by Gasteiger charge is 2.20. The average Bonchev–Trinajstić information content (AvgIpc) is 3.33. The first-order chi connectivity index (χ1) is 19.8. The van der Waals surface area contributed by atoms with Crippen LogP contribution >= 0.6 is 0 Å². The van der Waals surface area contributed by atoms with Crippen LogP contribution in [0.5, 0.6) is 5.75 Å². The molecular formula is C32H35N5O3Si. The van der Waals surface area contributed by atoms with Crippen molar-refractivity contribution in [2.24, 2.45) is 0 Å². The molecule has 0 aliphatic heterocycles. The molecule has 1 N–H and O–H groups in total. The van der Waals surface area contributed by atoms with Gasteiger partial charge in [-0.15, -0.1) is 0 Å². The molecule has 9 heteroatoms. The number of nitrogens with zero attached hydrogens (tertiary/aromatic N) is 4. The fourth-order valence-corrected chi connectivity index (χ4v) is 5.21. The van der Waals surface area contributed by atoms with Crippen LogP contribution in [0, 0.1) is 6.92 Å². The van der Waals surface area contributed by atoms with E-state index in [1.54, 1.807) is 29.2 Å². The van der Waals surface area contributed by atoms with Crippen molar-refractivity contribution < 1.29 is 14.3 Å². The molecule has 0 spiro atoms. The van der Waals surface area contributed by atoms with Gasteiger partial charge in [-0.2, -0.15) is 5.10 Å². The molecule has 5 aromatic rings. The lowest BCUT2D eigenvalue weighted by molar-refractivity contribution is 0.0809. The fourth-order valence-electron chi connectivity index (χ4n) is 4.45. The highest BCUT2D eigenvalue weighted by Crippen LogP contribution is 2.30. The number of carbonyl (C=O) groups excluding carboxylic acids is 1. The van der Waals surface area contributed by atoms with Crippen LogP contribution in [0.25, 0.3) is 22.0 Å². The summed E-state index contributed by atoms with van der Waals surface area (Å²) in [4.78, 5) is 21.9. The Labute approximate surface area is 241 Å². The zero-order chi connectivity index (χ0) is 28.8. The maximum atomic E-state index is 13.4. The first-order valence-corrected chi connectivity index (χ1v) is 17.4. The highest BCUT2D eigenvalue weighted by atomic mass is 28.3. The molecule has 0 saturated heterocycles. The number of nitrogens with one attached hydrogen (secondary N) is 1. The normalized spacial score (nSPS) is 11.5. The summed E-state index contributed by atoms with van der Waals surface area (Å²) in [6.07, 6.45) is 6.97. The topological polar surface area (TPSA) is 91.2 Å².